The van der Waals surface area contributed by atoms with Crippen LogP contribution in [0.2, 0.25) is 0 Å². The monoisotopic (exact) mass is 262 g/mol. The third-order valence-corrected chi connectivity index (χ3v) is 3.51. The van der Waals surface area contributed by atoms with Crippen molar-refractivity contribution >= 4 is 27.3 Å². The Hall–Kier alpha value is 0.140. The summed E-state index contributed by atoms with van der Waals surface area (Å²) >= 11 is 5.01. The van der Waals surface area contributed by atoms with Crippen molar-refractivity contribution in [3.8, 4) is 0 Å². The van der Waals surface area contributed by atoms with Crippen molar-refractivity contribution in [1.82, 2.24) is 0 Å². The molecule has 1 nitrogen and oxygen atoms in total. The molecular weight excluding hydrogens is 248 g/mol. The fraction of sp³-hybridized carbons (Fsp3) is 0.600. The molecule has 0 aliphatic heterocycles. The first kappa shape index (κ1) is 11.2. The maximum atomic E-state index is 9.77. The van der Waals surface area contributed by atoms with E-state index >= 15 is 0 Å². The molecule has 1 aromatic rings. The number of thiophene rings is 1. The van der Waals surface area contributed by atoms with E-state index in [0.717, 1.165) is 22.2 Å². The largest absolute Gasteiger partial charge is 0.388 e. The molecule has 0 fully saturated rings. The Labute approximate surface area is 91.9 Å². The van der Waals surface area contributed by atoms with E-state index in [1.54, 1.807) is 11.3 Å². The van der Waals surface area contributed by atoms with Gasteiger partial charge in [0.1, 0.15) is 0 Å². The van der Waals surface area contributed by atoms with Gasteiger partial charge in [-0.25, -0.2) is 0 Å². The first-order valence-corrected chi connectivity index (χ1v) is 6.19. The second kappa shape index (κ2) is 5.13. The minimum absolute atomic E-state index is 0.287. The van der Waals surface area contributed by atoms with Gasteiger partial charge in [0, 0.05) is 0 Å². The van der Waals surface area contributed by atoms with Crippen molar-refractivity contribution in [2.45, 2.75) is 32.8 Å². The van der Waals surface area contributed by atoms with E-state index in [1.165, 1.54) is 0 Å². The van der Waals surface area contributed by atoms with Crippen molar-refractivity contribution in [3.63, 3.8) is 0 Å². The highest BCUT2D eigenvalue weighted by Crippen LogP contribution is 2.28. The zero-order valence-corrected chi connectivity index (χ0v) is 10.4. The Kier molecular flexibility index (Phi) is 4.42. The van der Waals surface area contributed by atoms with E-state index in [0.29, 0.717) is 5.92 Å². The summed E-state index contributed by atoms with van der Waals surface area (Å²) < 4.78 is 1.09. The minimum Gasteiger partial charge on any atom is -0.388 e. The van der Waals surface area contributed by atoms with Crippen molar-refractivity contribution in [3.05, 3.63) is 20.8 Å². The van der Waals surface area contributed by atoms with Crippen LogP contribution < -0.4 is 0 Å². The van der Waals surface area contributed by atoms with Crippen molar-refractivity contribution in [2.24, 2.45) is 5.92 Å². The summed E-state index contributed by atoms with van der Waals surface area (Å²) in [6, 6.07) is 2.00. The molecule has 13 heavy (non-hydrogen) atoms. The Morgan fingerprint density at radius 2 is 2.15 bits per heavy atom. The summed E-state index contributed by atoms with van der Waals surface area (Å²) in [4.78, 5) is 0. The molecule has 1 aromatic heterocycles. The van der Waals surface area contributed by atoms with Crippen LogP contribution in [0.15, 0.2) is 15.2 Å². The minimum atomic E-state index is -0.287. The van der Waals surface area contributed by atoms with Gasteiger partial charge in [0.25, 0.3) is 0 Å². The third kappa shape index (κ3) is 3.79. The second-order valence-electron chi connectivity index (χ2n) is 3.67. The molecule has 1 atom stereocenters. The molecule has 0 amide bonds. The molecule has 0 aliphatic carbocycles. The van der Waals surface area contributed by atoms with Gasteiger partial charge < -0.3 is 5.11 Å². The molecule has 3 heteroatoms. The van der Waals surface area contributed by atoms with E-state index in [-0.39, 0.29) is 6.10 Å². The summed E-state index contributed by atoms with van der Waals surface area (Å²) in [6.45, 7) is 4.35. The highest BCUT2D eigenvalue weighted by molar-refractivity contribution is 9.11. The van der Waals surface area contributed by atoms with E-state index in [2.05, 4.69) is 29.8 Å². The Balaban J connectivity index is 2.44. The van der Waals surface area contributed by atoms with Gasteiger partial charge >= 0.3 is 0 Å². The third-order valence-electron chi connectivity index (χ3n) is 1.99. The molecular formula is C10H15BrOS. The van der Waals surface area contributed by atoms with Gasteiger partial charge in [0.2, 0.25) is 0 Å². The number of aliphatic hydroxyl groups excluding tert-OH is 1. The molecule has 0 aliphatic rings. The molecule has 0 saturated carbocycles. The number of halogens is 1. The van der Waals surface area contributed by atoms with Crippen LogP contribution in [-0.4, -0.2) is 5.11 Å². The molecule has 1 N–H and O–H groups in total. The molecule has 1 rings (SSSR count). The maximum absolute atomic E-state index is 9.77. The number of hydrogen-bond donors (Lipinski definition) is 1. The van der Waals surface area contributed by atoms with Crippen molar-refractivity contribution in [1.29, 1.82) is 0 Å². The number of rotatable bonds is 4. The lowest BCUT2D eigenvalue weighted by atomic mass is 10.0. The van der Waals surface area contributed by atoms with Crippen LogP contribution >= 0.6 is 27.3 Å². The Morgan fingerprint density at radius 3 is 2.62 bits per heavy atom. The fourth-order valence-electron chi connectivity index (χ4n) is 1.16. The zero-order chi connectivity index (χ0) is 9.84. The lowest BCUT2D eigenvalue weighted by Gasteiger charge is -2.09. The number of aliphatic hydroxyl groups is 1. The van der Waals surface area contributed by atoms with Crippen molar-refractivity contribution in [2.75, 3.05) is 0 Å². The van der Waals surface area contributed by atoms with E-state index < -0.39 is 0 Å². The molecule has 0 aromatic carbocycles. The Morgan fingerprint density at radius 1 is 1.46 bits per heavy atom. The van der Waals surface area contributed by atoms with Crippen LogP contribution in [0.1, 0.15) is 38.4 Å². The predicted molar refractivity (Wildman–Crippen MR) is 61.1 cm³/mol. The Bertz CT molecular complexity index is 257. The van der Waals surface area contributed by atoms with Crippen LogP contribution in [-0.2, 0) is 0 Å². The lowest BCUT2D eigenvalue weighted by molar-refractivity contribution is 0.159. The van der Waals surface area contributed by atoms with Crippen LogP contribution in [0.25, 0.3) is 0 Å². The highest BCUT2D eigenvalue weighted by Gasteiger charge is 2.09. The molecule has 74 valence electrons. The molecule has 1 heterocycles. The quantitative estimate of drug-likeness (QED) is 0.871. The maximum Gasteiger partial charge on any atom is 0.0798 e. The average Bonchev–Trinajstić information content (AvgIpc) is 2.47. The first-order valence-electron chi connectivity index (χ1n) is 4.51. The zero-order valence-electron chi connectivity index (χ0n) is 7.96. The first-order chi connectivity index (χ1) is 6.09. The van der Waals surface area contributed by atoms with Crippen LogP contribution in [0.5, 0.6) is 0 Å². The summed E-state index contributed by atoms with van der Waals surface area (Å²) in [5.74, 6) is 0.664. The fourth-order valence-corrected chi connectivity index (χ4v) is 2.38. The van der Waals surface area contributed by atoms with Gasteiger partial charge in [0.05, 0.1) is 9.89 Å². The standard InChI is InChI=1S/C10H15BrOS/c1-7(2)3-4-9(12)8-5-10(11)13-6-8/h5-7,9,12H,3-4H2,1-2H3. The van der Waals surface area contributed by atoms with Crippen LogP contribution in [0.4, 0.5) is 0 Å². The topological polar surface area (TPSA) is 20.2 Å². The van der Waals surface area contributed by atoms with Crippen molar-refractivity contribution < 1.29 is 5.11 Å². The smallest absolute Gasteiger partial charge is 0.0798 e. The lowest BCUT2D eigenvalue weighted by Crippen LogP contribution is -1.98. The van der Waals surface area contributed by atoms with Crippen LogP contribution in [0.3, 0.4) is 0 Å². The molecule has 0 radical (unpaired) electrons. The van der Waals surface area contributed by atoms with E-state index in [9.17, 15) is 5.11 Å². The van der Waals surface area contributed by atoms with Gasteiger partial charge in [-0.3, -0.25) is 0 Å². The summed E-state index contributed by atoms with van der Waals surface area (Å²) in [7, 11) is 0. The molecule has 0 saturated heterocycles. The van der Waals surface area contributed by atoms with Gasteiger partial charge in [0.15, 0.2) is 0 Å². The predicted octanol–water partition coefficient (Wildman–Crippen LogP) is 3.98. The summed E-state index contributed by atoms with van der Waals surface area (Å²) in [5.41, 5.74) is 1.04. The van der Waals surface area contributed by atoms with Crippen LogP contribution in [0, 0.1) is 5.92 Å². The average molecular weight is 263 g/mol. The van der Waals surface area contributed by atoms with Gasteiger partial charge in [-0.2, -0.15) is 0 Å². The SMILES string of the molecule is CC(C)CCC(O)c1csc(Br)c1. The summed E-state index contributed by atoms with van der Waals surface area (Å²) in [6.07, 6.45) is 1.65. The number of hydrogen-bond acceptors (Lipinski definition) is 2. The summed E-state index contributed by atoms with van der Waals surface area (Å²) in [5, 5.41) is 11.8. The van der Waals surface area contributed by atoms with Gasteiger partial charge in [-0.1, -0.05) is 13.8 Å². The van der Waals surface area contributed by atoms with Gasteiger partial charge in [-0.05, 0) is 51.7 Å². The molecule has 0 spiro atoms. The normalized spacial score (nSPS) is 13.6. The molecule has 1 unspecified atom stereocenters. The van der Waals surface area contributed by atoms with Gasteiger partial charge in [-0.15, -0.1) is 11.3 Å². The second-order valence-corrected chi connectivity index (χ2v) is 5.96. The highest BCUT2D eigenvalue weighted by atomic mass is 79.9. The molecule has 0 bridgehead atoms. The van der Waals surface area contributed by atoms with E-state index in [1.807, 2.05) is 11.4 Å². The van der Waals surface area contributed by atoms with E-state index in [4.69, 9.17) is 0 Å².